The molecule has 2 atom stereocenters. The van der Waals surface area contributed by atoms with Crippen LogP contribution in [0.2, 0.25) is 0 Å². The van der Waals surface area contributed by atoms with Gasteiger partial charge in [-0.25, -0.2) is 0 Å². The molecule has 2 unspecified atom stereocenters. The zero-order chi connectivity index (χ0) is 12.8. The van der Waals surface area contributed by atoms with E-state index in [0.29, 0.717) is 0 Å². The maximum absolute atomic E-state index is 10.0. The van der Waals surface area contributed by atoms with Crippen molar-refractivity contribution in [1.29, 1.82) is 0 Å². The third kappa shape index (κ3) is 2.51. The van der Waals surface area contributed by atoms with Gasteiger partial charge in [-0.1, -0.05) is 0 Å². The fraction of sp³-hybridized carbons (Fsp3) is 1.00. The first-order valence-electron chi connectivity index (χ1n) is 4.92. The third-order valence-corrected chi connectivity index (χ3v) is 3.02. The predicted molar refractivity (Wildman–Crippen MR) is 53.4 cm³/mol. The lowest BCUT2D eigenvalue weighted by molar-refractivity contribution is -0.221. The van der Waals surface area contributed by atoms with Crippen LogP contribution in [0, 0.1) is 5.41 Å². The molecule has 0 radical (unpaired) electrons. The highest BCUT2D eigenvalue weighted by Crippen LogP contribution is 2.34. The first-order valence-corrected chi connectivity index (χ1v) is 4.92. The Morgan fingerprint density at radius 2 is 1.25 bits per heavy atom. The molecular formula is C9H20O7. The van der Waals surface area contributed by atoms with Crippen molar-refractivity contribution in [3.05, 3.63) is 0 Å². The first-order chi connectivity index (χ1) is 7.47. The fourth-order valence-corrected chi connectivity index (χ4v) is 1.55. The Morgan fingerprint density at radius 1 is 0.812 bits per heavy atom. The van der Waals surface area contributed by atoms with Crippen LogP contribution in [-0.4, -0.2) is 80.5 Å². The summed E-state index contributed by atoms with van der Waals surface area (Å²) in [6.45, 7) is -3.86. The molecule has 0 fully saturated rings. The van der Waals surface area contributed by atoms with Gasteiger partial charge in [-0.15, -0.1) is 0 Å². The van der Waals surface area contributed by atoms with Crippen LogP contribution in [0.3, 0.4) is 0 Å². The van der Waals surface area contributed by atoms with Crippen molar-refractivity contribution in [2.75, 3.05) is 33.0 Å². The second-order valence-corrected chi connectivity index (χ2v) is 3.87. The summed E-state index contributed by atoms with van der Waals surface area (Å²) in [5.41, 5.74) is -4.12. The fourth-order valence-electron chi connectivity index (χ4n) is 1.55. The minimum atomic E-state index is -2.28. The Hall–Kier alpha value is -0.280. The van der Waals surface area contributed by atoms with Crippen molar-refractivity contribution in [3.8, 4) is 0 Å². The molecule has 0 bridgehead atoms. The van der Waals surface area contributed by atoms with Crippen LogP contribution < -0.4 is 0 Å². The van der Waals surface area contributed by atoms with Crippen LogP contribution in [0.1, 0.15) is 6.42 Å². The van der Waals surface area contributed by atoms with Crippen LogP contribution in [0.25, 0.3) is 0 Å². The molecule has 0 aromatic rings. The molecule has 0 saturated carbocycles. The largest absolute Gasteiger partial charge is 0.396 e. The molecule has 16 heavy (non-hydrogen) atoms. The van der Waals surface area contributed by atoms with Crippen molar-refractivity contribution in [1.82, 2.24) is 0 Å². The van der Waals surface area contributed by atoms with Crippen LogP contribution in [0.5, 0.6) is 0 Å². The predicted octanol–water partition coefficient (Wildman–Crippen LogP) is -3.58. The molecule has 98 valence electrons. The van der Waals surface area contributed by atoms with Gasteiger partial charge in [0.2, 0.25) is 0 Å². The van der Waals surface area contributed by atoms with E-state index in [1.165, 1.54) is 0 Å². The van der Waals surface area contributed by atoms with E-state index in [1.807, 2.05) is 0 Å². The molecule has 0 aromatic heterocycles. The Bertz CT molecular complexity index is 186. The van der Waals surface area contributed by atoms with Gasteiger partial charge in [0.25, 0.3) is 0 Å². The lowest BCUT2D eigenvalue weighted by Gasteiger charge is -2.45. The van der Waals surface area contributed by atoms with Crippen LogP contribution in [0.4, 0.5) is 0 Å². The van der Waals surface area contributed by atoms with Gasteiger partial charge >= 0.3 is 0 Å². The zero-order valence-electron chi connectivity index (χ0n) is 8.95. The number of aliphatic hydroxyl groups excluding tert-OH is 6. The topological polar surface area (TPSA) is 142 Å². The van der Waals surface area contributed by atoms with Crippen molar-refractivity contribution in [3.63, 3.8) is 0 Å². The standard InChI is InChI=1S/C9H20O7/c10-2-1-7(15)9(16,6-14)8(3-11,4-12)5-13/h7,10-16H,1-6H2. The van der Waals surface area contributed by atoms with Gasteiger partial charge in [-0.2, -0.15) is 0 Å². The number of hydrogen-bond acceptors (Lipinski definition) is 7. The monoisotopic (exact) mass is 240 g/mol. The molecule has 0 amide bonds. The summed E-state index contributed by atoms with van der Waals surface area (Å²) < 4.78 is 0. The van der Waals surface area contributed by atoms with E-state index in [0.717, 1.165) is 0 Å². The van der Waals surface area contributed by atoms with E-state index in [-0.39, 0.29) is 6.42 Å². The molecule has 0 aliphatic heterocycles. The molecule has 0 spiro atoms. The summed E-state index contributed by atoms with van der Waals surface area (Å²) in [5, 5.41) is 64.6. The molecule has 0 rings (SSSR count). The van der Waals surface area contributed by atoms with Gasteiger partial charge in [0.15, 0.2) is 0 Å². The van der Waals surface area contributed by atoms with Crippen molar-refractivity contribution in [2.45, 2.75) is 18.1 Å². The SMILES string of the molecule is OCCC(O)C(O)(CO)C(CO)(CO)CO. The van der Waals surface area contributed by atoms with E-state index in [9.17, 15) is 10.2 Å². The quantitative estimate of drug-likeness (QED) is 0.232. The lowest BCUT2D eigenvalue weighted by atomic mass is 9.70. The molecule has 0 saturated heterocycles. The summed E-state index contributed by atoms with van der Waals surface area (Å²) in [5.74, 6) is 0. The maximum Gasteiger partial charge on any atom is 0.126 e. The van der Waals surface area contributed by atoms with Gasteiger partial charge in [-0.05, 0) is 6.42 Å². The Labute approximate surface area is 93.2 Å². The highest BCUT2D eigenvalue weighted by Gasteiger charge is 2.53. The number of rotatable bonds is 8. The highest BCUT2D eigenvalue weighted by atomic mass is 16.4. The van der Waals surface area contributed by atoms with Gasteiger partial charge in [0.05, 0.1) is 37.9 Å². The van der Waals surface area contributed by atoms with Crippen molar-refractivity contribution < 1.29 is 35.7 Å². The maximum atomic E-state index is 10.0. The number of hydrogen-bond donors (Lipinski definition) is 7. The summed E-state index contributed by atoms with van der Waals surface area (Å²) >= 11 is 0. The summed E-state index contributed by atoms with van der Waals surface area (Å²) in [4.78, 5) is 0. The second-order valence-electron chi connectivity index (χ2n) is 3.87. The second kappa shape index (κ2) is 6.45. The van der Waals surface area contributed by atoms with Crippen LogP contribution >= 0.6 is 0 Å². The van der Waals surface area contributed by atoms with E-state index in [2.05, 4.69) is 0 Å². The van der Waals surface area contributed by atoms with E-state index in [4.69, 9.17) is 25.5 Å². The van der Waals surface area contributed by atoms with Gasteiger partial charge in [0.1, 0.15) is 5.60 Å². The highest BCUT2D eigenvalue weighted by molar-refractivity contribution is 5.02. The van der Waals surface area contributed by atoms with Crippen molar-refractivity contribution >= 4 is 0 Å². The molecule has 0 aliphatic carbocycles. The lowest BCUT2D eigenvalue weighted by Crippen LogP contribution is -2.64. The summed E-state index contributed by atoms with van der Waals surface area (Å²) in [6.07, 6.45) is -1.83. The summed E-state index contributed by atoms with van der Waals surface area (Å²) in [6, 6.07) is 0. The molecule has 0 aromatic carbocycles. The van der Waals surface area contributed by atoms with E-state index in [1.54, 1.807) is 0 Å². The van der Waals surface area contributed by atoms with E-state index >= 15 is 0 Å². The molecule has 7 N–H and O–H groups in total. The average Bonchev–Trinajstić information content (AvgIpc) is 2.31. The molecular weight excluding hydrogens is 220 g/mol. The molecule has 7 heteroatoms. The van der Waals surface area contributed by atoms with Gasteiger partial charge < -0.3 is 35.7 Å². The van der Waals surface area contributed by atoms with Gasteiger partial charge in [0, 0.05) is 6.61 Å². The molecule has 0 aliphatic rings. The third-order valence-electron chi connectivity index (χ3n) is 3.02. The normalized spacial score (nSPS) is 18.2. The van der Waals surface area contributed by atoms with Crippen LogP contribution in [-0.2, 0) is 0 Å². The van der Waals surface area contributed by atoms with E-state index < -0.39 is 50.2 Å². The Kier molecular flexibility index (Phi) is 6.34. The Balaban J connectivity index is 5.16. The Morgan fingerprint density at radius 3 is 1.50 bits per heavy atom. The minimum Gasteiger partial charge on any atom is -0.396 e. The average molecular weight is 240 g/mol. The van der Waals surface area contributed by atoms with Crippen molar-refractivity contribution in [2.24, 2.45) is 5.41 Å². The van der Waals surface area contributed by atoms with Crippen LogP contribution in [0.15, 0.2) is 0 Å². The first kappa shape index (κ1) is 15.7. The zero-order valence-corrected chi connectivity index (χ0v) is 8.95. The smallest absolute Gasteiger partial charge is 0.126 e. The number of aliphatic hydroxyl groups is 7. The van der Waals surface area contributed by atoms with Gasteiger partial charge in [-0.3, -0.25) is 0 Å². The molecule has 0 heterocycles. The summed E-state index contributed by atoms with van der Waals surface area (Å²) in [7, 11) is 0. The minimum absolute atomic E-state index is 0.251. The molecule has 7 nitrogen and oxygen atoms in total.